The molecule has 1 atom stereocenters. The summed E-state index contributed by atoms with van der Waals surface area (Å²) in [5, 5.41) is 31.9. The lowest BCUT2D eigenvalue weighted by molar-refractivity contribution is -0.155. The summed E-state index contributed by atoms with van der Waals surface area (Å²) in [7, 11) is 0. The molecule has 1 aromatic carbocycles. The van der Waals surface area contributed by atoms with Gasteiger partial charge in [0.15, 0.2) is 5.60 Å². The van der Waals surface area contributed by atoms with Crippen molar-refractivity contribution in [2.45, 2.75) is 12.5 Å². The Balaban J connectivity index is 2.71. The van der Waals surface area contributed by atoms with Crippen LogP contribution in [0.25, 0.3) is 0 Å². The first-order valence-electron chi connectivity index (χ1n) is 5.46. The summed E-state index contributed by atoms with van der Waals surface area (Å²) in [5.41, 5.74) is -1.69. The molecule has 1 unspecified atom stereocenters. The predicted molar refractivity (Wildman–Crippen MR) is 71.4 cm³/mol. The van der Waals surface area contributed by atoms with Gasteiger partial charge in [-0.3, -0.25) is 0 Å². The number of carboxylic acids is 1. The molecular formula is C12H12ClN3O4. The summed E-state index contributed by atoms with van der Waals surface area (Å²) in [6, 6.07) is 5.43. The third-order valence-corrected chi connectivity index (χ3v) is 2.64. The average Bonchev–Trinajstić information content (AvgIpc) is 2.36. The second kappa shape index (κ2) is 6.23. The first-order valence-corrected chi connectivity index (χ1v) is 5.84. The molecule has 106 valence electrons. The van der Waals surface area contributed by atoms with Gasteiger partial charge in [-0.25, -0.2) is 9.59 Å². The first-order chi connectivity index (χ1) is 9.26. The molecule has 1 aromatic rings. The number of benzene rings is 1. The summed E-state index contributed by atoms with van der Waals surface area (Å²) in [6.07, 6.45) is 0. The van der Waals surface area contributed by atoms with E-state index in [1.807, 2.05) is 6.07 Å². The molecule has 7 nitrogen and oxygen atoms in total. The number of nitriles is 1. The van der Waals surface area contributed by atoms with Crippen molar-refractivity contribution in [3.05, 3.63) is 28.8 Å². The van der Waals surface area contributed by atoms with Gasteiger partial charge in [0.1, 0.15) is 6.07 Å². The van der Waals surface area contributed by atoms with Crippen LogP contribution >= 0.6 is 11.6 Å². The maximum Gasteiger partial charge on any atom is 0.337 e. The highest BCUT2D eigenvalue weighted by Gasteiger charge is 2.30. The highest BCUT2D eigenvalue weighted by molar-refractivity contribution is 6.31. The van der Waals surface area contributed by atoms with E-state index >= 15 is 0 Å². The number of hydrogen-bond donors (Lipinski definition) is 4. The van der Waals surface area contributed by atoms with Crippen molar-refractivity contribution in [1.29, 1.82) is 5.26 Å². The summed E-state index contributed by atoms with van der Waals surface area (Å²) in [4.78, 5) is 22.2. The molecule has 0 spiro atoms. The number of rotatable bonds is 4. The van der Waals surface area contributed by atoms with Crippen molar-refractivity contribution in [2.75, 3.05) is 11.9 Å². The molecule has 0 saturated heterocycles. The van der Waals surface area contributed by atoms with Crippen molar-refractivity contribution < 1.29 is 19.8 Å². The minimum atomic E-state index is -2.08. The van der Waals surface area contributed by atoms with Crippen LogP contribution in [0.1, 0.15) is 12.5 Å². The maximum atomic E-state index is 11.6. The van der Waals surface area contributed by atoms with Crippen LogP contribution in [0, 0.1) is 11.3 Å². The van der Waals surface area contributed by atoms with E-state index in [4.69, 9.17) is 22.0 Å². The van der Waals surface area contributed by atoms with Gasteiger partial charge < -0.3 is 20.8 Å². The van der Waals surface area contributed by atoms with E-state index in [2.05, 4.69) is 10.6 Å². The van der Waals surface area contributed by atoms with Crippen LogP contribution in [0.3, 0.4) is 0 Å². The number of urea groups is 1. The number of anilines is 1. The second-order valence-electron chi connectivity index (χ2n) is 4.19. The van der Waals surface area contributed by atoms with Crippen LogP contribution in [-0.2, 0) is 4.79 Å². The van der Waals surface area contributed by atoms with Gasteiger partial charge in [0.2, 0.25) is 0 Å². The van der Waals surface area contributed by atoms with Crippen molar-refractivity contribution in [3.8, 4) is 6.07 Å². The second-order valence-corrected chi connectivity index (χ2v) is 4.62. The van der Waals surface area contributed by atoms with E-state index in [0.29, 0.717) is 5.02 Å². The minimum absolute atomic E-state index is 0.187. The number of carbonyl (C=O) groups excluding carboxylic acids is 1. The molecular weight excluding hydrogens is 286 g/mol. The highest BCUT2D eigenvalue weighted by atomic mass is 35.5. The number of aliphatic carboxylic acids is 1. The van der Waals surface area contributed by atoms with Crippen molar-refractivity contribution in [3.63, 3.8) is 0 Å². The molecule has 0 aromatic heterocycles. The van der Waals surface area contributed by atoms with Gasteiger partial charge in [-0.2, -0.15) is 5.26 Å². The number of carboxylic acid groups (broad SMARTS) is 1. The van der Waals surface area contributed by atoms with Crippen molar-refractivity contribution in [1.82, 2.24) is 5.32 Å². The van der Waals surface area contributed by atoms with E-state index in [0.717, 1.165) is 6.92 Å². The molecule has 0 bridgehead atoms. The fourth-order valence-electron chi connectivity index (χ4n) is 1.21. The molecule has 0 heterocycles. The zero-order chi connectivity index (χ0) is 15.3. The molecule has 20 heavy (non-hydrogen) atoms. The third kappa shape index (κ3) is 4.12. The molecule has 1 rings (SSSR count). The van der Waals surface area contributed by atoms with Crippen LogP contribution in [0.5, 0.6) is 0 Å². The van der Waals surface area contributed by atoms with Crippen LogP contribution in [0.2, 0.25) is 5.02 Å². The zero-order valence-corrected chi connectivity index (χ0v) is 11.2. The molecule has 4 N–H and O–H groups in total. The third-order valence-electron chi connectivity index (χ3n) is 2.40. The summed E-state index contributed by atoms with van der Waals surface area (Å²) in [6.45, 7) is 0.562. The van der Waals surface area contributed by atoms with Crippen LogP contribution in [-0.4, -0.2) is 34.4 Å². The molecule has 0 aliphatic heterocycles. The average molecular weight is 298 g/mol. The highest BCUT2D eigenvalue weighted by Crippen LogP contribution is 2.20. The number of hydrogen-bond acceptors (Lipinski definition) is 4. The van der Waals surface area contributed by atoms with Gasteiger partial charge in [0.25, 0.3) is 0 Å². The summed E-state index contributed by atoms with van der Waals surface area (Å²) >= 11 is 5.75. The van der Waals surface area contributed by atoms with Crippen LogP contribution < -0.4 is 10.6 Å². The fourth-order valence-corrected chi connectivity index (χ4v) is 1.38. The van der Waals surface area contributed by atoms with Gasteiger partial charge in [0.05, 0.1) is 17.8 Å². The Kier molecular flexibility index (Phi) is 4.91. The summed E-state index contributed by atoms with van der Waals surface area (Å²) < 4.78 is 0. The first kappa shape index (κ1) is 15.8. The molecule has 0 aliphatic carbocycles. The van der Waals surface area contributed by atoms with E-state index < -0.39 is 24.1 Å². The van der Waals surface area contributed by atoms with Gasteiger partial charge in [0, 0.05) is 5.02 Å². The van der Waals surface area contributed by atoms with Gasteiger partial charge >= 0.3 is 12.0 Å². The molecule has 0 radical (unpaired) electrons. The SMILES string of the molecule is CC(O)(CNC(=O)Nc1cc(Cl)ccc1C#N)C(=O)O. The topological polar surface area (TPSA) is 122 Å². The Hall–Kier alpha value is -2.30. The number of halogens is 1. The van der Waals surface area contributed by atoms with E-state index in [-0.39, 0.29) is 11.3 Å². The summed E-state index contributed by atoms with van der Waals surface area (Å²) in [5.74, 6) is -1.46. The quantitative estimate of drug-likeness (QED) is 0.664. The minimum Gasteiger partial charge on any atom is -0.479 e. The molecule has 8 heteroatoms. The standard InChI is InChI=1S/C12H12ClN3O4/c1-12(20,10(17)18)6-15-11(19)16-9-4-8(13)3-2-7(9)5-14/h2-4,20H,6H2,1H3,(H,17,18)(H2,15,16,19). The van der Waals surface area contributed by atoms with Crippen molar-refractivity contribution >= 4 is 29.3 Å². The number of aliphatic hydroxyl groups is 1. The Morgan fingerprint density at radius 3 is 2.70 bits per heavy atom. The van der Waals surface area contributed by atoms with Gasteiger partial charge in [-0.15, -0.1) is 0 Å². The van der Waals surface area contributed by atoms with Crippen LogP contribution in [0.15, 0.2) is 18.2 Å². The van der Waals surface area contributed by atoms with Gasteiger partial charge in [-0.1, -0.05) is 11.6 Å². The van der Waals surface area contributed by atoms with Crippen LogP contribution in [0.4, 0.5) is 10.5 Å². The smallest absolute Gasteiger partial charge is 0.337 e. The number of nitrogens with zero attached hydrogens (tertiary/aromatic N) is 1. The maximum absolute atomic E-state index is 11.6. The lowest BCUT2D eigenvalue weighted by Crippen LogP contribution is -2.47. The Morgan fingerprint density at radius 1 is 1.50 bits per heavy atom. The number of amides is 2. The van der Waals surface area contributed by atoms with Gasteiger partial charge in [-0.05, 0) is 25.1 Å². The lowest BCUT2D eigenvalue weighted by Gasteiger charge is -2.18. The predicted octanol–water partition coefficient (Wildman–Crippen LogP) is 1.17. The van der Waals surface area contributed by atoms with Crippen molar-refractivity contribution in [2.24, 2.45) is 0 Å². The molecule has 0 fully saturated rings. The zero-order valence-electron chi connectivity index (χ0n) is 10.5. The lowest BCUT2D eigenvalue weighted by atomic mass is 10.1. The monoisotopic (exact) mass is 297 g/mol. The number of nitrogens with one attached hydrogen (secondary N) is 2. The Labute approximate surface area is 119 Å². The molecule has 0 aliphatic rings. The molecule has 0 saturated carbocycles. The van der Waals surface area contributed by atoms with E-state index in [1.165, 1.54) is 18.2 Å². The Morgan fingerprint density at radius 2 is 2.15 bits per heavy atom. The van der Waals surface area contributed by atoms with E-state index in [9.17, 15) is 14.7 Å². The normalized spacial score (nSPS) is 12.9. The fraction of sp³-hybridized carbons (Fsp3) is 0.250. The number of carbonyl (C=O) groups is 2. The molecule has 2 amide bonds. The van der Waals surface area contributed by atoms with E-state index in [1.54, 1.807) is 0 Å². The Bertz CT molecular complexity index is 581. The largest absolute Gasteiger partial charge is 0.479 e.